The van der Waals surface area contributed by atoms with Gasteiger partial charge >= 0.3 is 9.08 Å². The van der Waals surface area contributed by atoms with E-state index in [4.69, 9.17) is 0 Å². The molecule has 0 aliphatic carbocycles. The molecule has 0 rings (SSSR count). The molecular weight excluding hydrogens is 235 g/mol. The van der Waals surface area contributed by atoms with Gasteiger partial charge in [0, 0.05) is 6.04 Å². The van der Waals surface area contributed by atoms with Gasteiger partial charge in [-0.2, -0.15) is 0 Å². The van der Waals surface area contributed by atoms with E-state index in [-0.39, 0.29) is 0 Å². The summed E-state index contributed by atoms with van der Waals surface area (Å²) in [6, 6.07) is -0.425. The first kappa shape index (κ1) is 14.1. The molecule has 0 aliphatic heterocycles. The highest BCUT2D eigenvalue weighted by atomic mass is 28.5. The standard InChI is InChI=1S/C7H15F5Si2/c1-6(5-14(10,11)12)3-4-13-7(2,8)9/h6H,3-5,13H2,1-2H3. The summed E-state index contributed by atoms with van der Waals surface area (Å²) in [4.78, 5) is 0. The van der Waals surface area contributed by atoms with Crippen molar-refractivity contribution in [2.24, 2.45) is 5.92 Å². The average molecular weight is 250 g/mol. The van der Waals surface area contributed by atoms with Crippen molar-refractivity contribution in [3.05, 3.63) is 0 Å². The lowest BCUT2D eigenvalue weighted by Gasteiger charge is -2.13. The van der Waals surface area contributed by atoms with Crippen LogP contribution in [-0.2, 0) is 0 Å². The Labute approximate surface area is 84.2 Å². The first-order chi connectivity index (χ1) is 6.10. The van der Waals surface area contributed by atoms with Crippen LogP contribution in [0, 0.1) is 5.92 Å². The molecule has 0 heterocycles. The second kappa shape index (κ2) is 5.25. The van der Waals surface area contributed by atoms with Crippen LogP contribution in [0.4, 0.5) is 21.1 Å². The van der Waals surface area contributed by atoms with E-state index in [9.17, 15) is 21.1 Å². The summed E-state index contributed by atoms with van der Waals surface area (Å²) < 4.78 is 60.6. The largest absolute Gasteiger partial charge is 0.616 e. The monoisotopic (exact) mass is 250 g/mol. The van der Waals surface area contributed by atoms with Gasteiger partial charge in [0.05, 0.1) is 0 Å². The summed E-state index contributed by atoms with van der Waals surface area (Å²) in [7, 11) is -7.02. The summed E-state index contributed by atoms with van der Waals surface area (Å²) in [6.45, 7) is 2.34. The molecule has 0 amide bonds. The van der Waals surface area contributed by atoms with Crippen LogP contribution in [0.3, 0.4) is 0 Å². The first-order valence-corrected chi connectivity index (χ1v) is 8.09. The van der Waals surface area contributed by atoms with Gasteiger partial charge in [-0.05, 0) is 12.8 Å². The molecule has 0 radical (unpaired) electrons. The second-order valence-electron chi connectivity index (χ2n) is 3.89. The average Bonchev–Trinajstić information content (AvgIpc) is 1.78. The van der Waals surface area contributed by atoms with E-state index in [1.54, 1.807) is 0 Å². The van der Waals surface area contributed by atoms with E-state index in [1.165, 1.54) is 6.92 Å². The molecule has 0 bridgehead atoms. The van der Waals surface area contributed by atoms with Crippen molar-refractivity contribution in [3.63, 3.8) is 0 Å². The van der Waals surface area contributed by atoms with Crippen molar-refractivity contribution >= 4 is 18.6 Å². The fourth-order valence-electron chi connectivity index (χ4n) is 1.26. The fraction of sp³-hybridized carbons (Fsp3) is 1.00. The zero-order valence-corrected chi connectivity index (χ0v) is 10.7. The fourth-order valence-corrected chi connectivity index (χ4v) is 3.77. The Hall–Kier alpha value is 0.0838. The molecule has 14 heavy (non-hydrogen) atoms. The minimum Gasteiger partial charge on any atom is -0.238 e. The van der Waals surface area contributed by atoms with Crippen molar-refractivity contribution in [1.82, 2.24) is 0 Å². The lowest BCUT2D eigenvalue weighted by Crippen LogP contribution is -2.22. The van der Waals surface area contributed by atoms with Crippen molar-refractivity contribution in [2.45, 2.75) is 37.9 Å². The number of hydrogen-bond acceptors (Lipinski definition) is 0. The Morgan fingerprint density at radius 1 is 1.29 bits per heavy atom. The molecule has 86 valence electrons. The zero-order valence-electron chi connectivity index (χ0n) is 8.30. The van der Waals surface area contributed by atoms with Gasteiger partial charge in [-0.1, -0.05) is 19.4 Å². The van der Waals surface area contributed by atoms with Gasteiger partial charge in [0.1, 0.15) is 9.52 Å². The lowest BCUT2D eigenvalue weighted by molar-refractivity contribution is 0.113. The van der Waals surface area contributed by atoms with Crippen LogP contribution in [0.25, 0.3) is 0 Å². The van der Waals surface area contributed by atoms with Crippen LogP contribution in [0.5, 0.6) is 0 Å². The molecule has 1 atom stereocenters. The maximum atomic E-state index is 12.4. The van der Waals surface area contributed by atoms with Gasteiger partial charge < -0.3 is 0 Å². The van der Waals surface area contributed by atoms with Crippen LogP contribution < -0.4 is 0 Å². The third-order valence-corrected chi connectivity index (χ3v) is 4.69. The highest BCUT2D eigenvalue weighted by Crippen LogP contribution is 2.24. The summed E-state index contributed by atoms with van der Waals surface area (Å²) in [5.74, 6) is -0.475. The third-order valence-electron chi connectivity index (χ3n) is 1.89. The number of hydrogen-bond donors (Lipinski definition) is 0. The molecule has 0 aromatic rings. The van der Waals surface area contributed by atoms with Gasteiger partial charge in [-0.25, -0.2) is 21.1 Å². The van der Waals surface area contributed by atoms with Crippen LogP contribution in [0.1, 0.15) is 20.3 Å². The minimum atomic E-state index is -5.49. The maximum absolute atomic E-state index is 12.4. The van der Waals surface area contributed by atoms with Gasteiger partial charge in [0.2, 0.25) is 5.55 Å². The Morgan fingerprint density at radius 2 is 1.79 bits per heavy atom. The van der Waals surface area contributed by atoms with E-state index >= 15 is 0 Å². The van der Waals surface area contributed by atoms with Crippen molar-refractivity contribution in [3.8, 4) is 0 Å². The van der Waals surface area contributed by atoms with Gasteiger partial charge in [0.15, 0.2) is 0 Å². The number of alkyl halides is 2. The molecule has 0 nitrogen and oxygen atoms in total. The predicted molar refractivity (Wildman–Crippen MR) is 51.6 cm³/mol. The molecule has 0 N–H and O–H groups in total. The zero-order chi connectivity index (χ0) is 11.4. The van der Waals surface area contributed by atoms with Gasteiger partial charge in [0.25, 0.3) is 0 Å². The van der Waals surface area contributed by atoms with Crippen molar-refractivity contribution < 1.29 is 21.1 Å². The number of halogens is 5. The van der Waals surface area contributed by atoms with Crippen molar-refractivity contribution in [1.29, 1.82) is 0 Å². The van der Waals surface area contributed by atoms with Gasteiger partial charge in [-0.15, -0.1) is 0 Å². The maximum Gasteiger partial charge on any atom is 0.616 e. The van der Waals surface area contributed by atoms with Crippen LogP contribution in [0.15, 0.2) is 0 Å². The summed E-state index contributed by atoms with van der Waals surface area (Å²) in [5, 5.41) is 0. The highest BCUT2D eigenvalue weighted by molar-refractivity contribution is 6.58. The molecule has 0 spiro atoms. The predicted octanol–water partition coefficient (Wildman–Crippen LogP) is 3.06. The van der Waals surface area contributed by atoms with E-state index in [0.29, 0.717) is 12.5 Å². The third kappa shape index (κ3) is 10.2. The Balaban J connectivity index is 3.60. The molecule has 0 saturated heterocycles. The number of rotatable bonds is 6. The quantitative estimate of drug-likeness (QED) is 0.386. The van der Waals surface area contributed by atoms with E-state index < -0.39 is 36.1 Å². The SMILES string of the molecule is CC(CC[SiH2]C(C)(F)F)C[Si](F)(F)F. The normalized spacial score (nSPS) is 16.5. The van der Waals surface area contributed by atoms with Crippen molar-refractivity contribution in [2.75, 3.05) is 0 Å². The summed E-state index contributed by atoms with van der Waals surface area (Å²) in [5.41, 5.74) is -2.62. The van der Waals surface area contributed by atoms with Crippen LogP contribution in [0.2, 0.25) is 12.1 Å². The van der Waals surface area contributed by atoms with Gasteiger partial charge in [-0.3, -0.25) is 0 Å². The molecule has 0 aromatic heterocycles. The Kier molecular flexibility index (Phi) is 5.28. The first-order valence-electron chi connectivity index (χ1n) is 4.55. The molecule has 0 saturated carbocycles. The Bertz CT molecular complexity index is 162. The van der Waals surface area contributed by atoms with Crippen LogP contribution in [-0.4, -0.2) is 24.1 Å². The highest BCUT2D eigenvalue weighted by Gasteiger charge is 2.38. The topological polar surface area (TPSA) is 0 Å². The molecule has 0 fully saturated rings. The second-order valence-corrected chi connectivity index (χ2v) is 7.97. The van der Waals surface area contributed by atoms with E-state index in [0.717, 1.165) is 6.92 Å². The smallest absolute Gasteiger partial charge is 0.238 e. The van der Waals surface area contributed by atoms with E-state index in [2.05, 4.69) is 0 Å². The summed E-state index contributed by atoms with van der Waals surface area (Å²) >= 11 is 0. The summed E-state index contributed by atoms with van der Waals surface area (Å²) in [6.07, 6.45) is 0.294. The minimum absolute atomic E-state index is 0.294. The molecule has 1 unspecified atom stereocenters. The lowest BCUT2D eigenvalue weighted by atomic mass is 10.2. The molecule has 7 heteroatoms. The molecule has 0 aromatic carbocycles. The molecule has 0 aliphatic rings. The van der Waals surface area contributed by atoms with Crippen LogP contribution >= 0.6 is 0 Å². The van der Waals surface area contributed by atoms with E-state index in [1.807, 2.05) is 0 Å². The Morgan fingerprint density at radius 3 is 2.14 bits per heavy atom. The molecular formula is C7H15F5Si2.